The highest BCUT2D eigenvalue weighted by Crippen LogP contribution is 2.15. The van der Waals surface area contributed by atoms with Gasteiger partial charge in [0.25, 0.3) is 0 Å². The Morgan fingerprint density at radius 3 is 1.58 bits per heavy atom. The van der Waals surface area contributed by atoms with Crippen molar-refractivity contribution in [3.63, 3.8) is 0 Å². The maximum atomic E-state index is 11.0. The molecule has 0 aliphatic carbocycles. The van der Waals surface area contributed by atoms with E-state index in [1.807, 2.05) is 0 Å². The molecule has 5 N–H and O–H groups in total. The van der Waals surface area contributed by atoms with Crippen LogP contribution in [0.25, 0.3) is 0 Å². The van der Waals surface area contributed by atoms with Gasteiger partial charge in [-0.1, -0.05) is 20.3 Å². The number of nitrogens with zero attached hydrogens (tertiary/aromatic N) is 8. The number of imidazole rings is 2. The SMILES string of the molecule is CC(C)(NCC(O)CNC(C)(C)/C(CCn1ccnc1[N+](=O)[O-])=N/O)/C(CCn1ccnc1[N+](=O)[O-])=N\O. The van der Waals surface area contributed by atoms with Gasteiger partial charge in [-0.15, -0.1) is 0 Å². The van der Waals surface area contributed by atoms with Crippen molar-refractivity contribution in [2.45, 2.75) is 70.8 Å². The predicted octanol–water partition coefficient (Wildman–Crippen LogP) is 1.13. The number of hydrogen-bond acceptors (Lipinski definition) is 13. The summed E-state index contributed by atoms with van der Waals surface area (Å²) in [5, 5.41) is 64.6. The monoisotopic (exact) mass is 538 g/mol. The van der Waals surface area contributed by atoms with Gasteiger partial charge >= 0.3 is 11.9 Å². The molecule has 0 radical (unpaired) electrons. The minimum Gasteiger partial charge on any atom is -0.411 e. The zero-order chi connectivity index (χ0) is 28.5. The molecule has 17 heteroatoms. The lowest BCUT2D eigenvalue weighted by molar-refractivity contribution is -0.396. The van der Waals surface area contributed by atoms with Gasteiger partial charge in [-0.3, -0.25) is 0 Å². The molecular formula is C21H34N10O7. The van der Waals surface area contributed by atoms with Crippen LogP contribution in [0.5, 0.6) is 0 Å². The quantitative estimate of drug-likeness (QED) is 0.0879. The van der Waals surface area contributed by atoms with Gasteiger partial charge in [-0.05, 0) is 37.5 Å². The predicted molar refractivity (Wildman–Crippen MR) is 136 cm³/mol. The molecule has 0 bridgehead atoms. The molecule has 0 amide bonds. The number of rotatable bonds is 16. The van der Waals surface area contributed by atoms with Crippen LogP contribution in [0.3, 0.4) is 0 Å². The topological polar surface area (TPSA) is 231 Å². The summed E-state index contributed by atoms with van der Waals surface area (Å²) in [6, 6.07) is 0. The molecule has 17 nitrogen and oxygen atoms in total. The molecule has 1 atom stereocenters. The highest BCUT2D eigenvalue weighted by atomic mass is 16.6. The summed E-state index contributed by atoms with van der Waals surface area (Å²) in [7, 11) is 0. The van der Waals surface area contributed by atoms with E-state index >= 15 is 0 Å². The van der Waals surface area contributed by atoms with E-state index in [0.717, 1.165) is 0 Å². The molecule has 210 valence electrons. The second-order valence-corrected chi connectivity index (χ2v) is 9.61. The molecule has 0 saturated carbocycles. The van der Waals surface area contributed by atoms with Gasteiger partial charge < -0.3 is 46.4 Å². The zero-order valence-electron chi connectivity index (χ0n) is 21.7. The molecule has 0 aliphatic rings. The van der Waals surface area contributed by atoms with Crippen LogP contribution in [0.4, 0.5) is 11.9 Å². The number of nitrogens with one attached hydrogen (secondary N) is 2. The van der Waals surface area contributed by atoms with Crippen LogP contribution in [0.15, 0.2) is 35.1 Å². The maximum absolute atomic E-state index is 11.0. The molecule has 2 aromatic rings. The van der Waals surface area contributed by atoms with Gasteiger partial charge in [0, 0.05) is 25.9 Å². The lowest BCUT2D eigenvalue weighted by Crippen LogP contribution is -2.54. The van der Waals surface area contributed by atoms with Gasteiger partial charge in [0.15, 0.2) is 0 Å². The number of aryl methyl sites for hydroxylation is 2. The summed E-state index contributed by atoms with van der Waals surface area (Å²) in [4.78, 5) is 28.3. The van der Waals surface area contributed by atoms with Crippen LogP contribution in [0.2, 0.25) is 0 Å². The highest BCUT2D eigenvalue weighted by Gasteiger charge is 2.30. The number of aliphatic hydroxyl groups is 1. The third kappa shape index (κ3) is 8.02. The Morgan fingerprint density at radius 1 is 0.895 bits per heavy atom. The molecule has 38 heavy (non-hydrogen) atoms. The maximum Gasteiger partial charge on any atom is 0.434 e. The van der Waals surface area contributed by atoms with E-state index in [1.54, 1.807) is 27.7 Å². The van der Waals surface area contributed by atoms with Crippen LogP contribution in [0, 0.1) is 20.2 Å². The van der Waals surface area contributed by atoms with Gasteiger partial charge in [0.2, 0.25) is 0 Å². The highest BCUT2D eigenvalue weighted by molar-refractivity contribution is 5.92. The van der Waals surface area contributed by atoms with Crippen LogP contribution < -0.4 is 10.6 Å². The largest absolute Gasteiger partial charge is 0.434 e. The van der Waals surface area contributed by atoms with E-state index in [1.165, 1.54) is 33.9 Å². The summed E-state index contributed by atoms with van der Waals surface area (Å²) in [6.45, 7) is 7.55. The second-order valence-electron chi connectivity index (χ2n) is 9.61. The smallest absolute Gasteiger partial charge is 0.411 e. The molecule has 1 unspecified atom stereocenters. The molecule has 2 rings (SSSR count). The minimum atomic E-state index is -0.891. The van der Waals surface area contributed by atoms with E-state index in [2.05, 4.69) is 30.9 Å². The third-order valence-corrected chi connectivity index (χ3v) is 6.14. The average Bonchev–Trinajstić information content (AvgIpc) is 3.52. The van der Waals surface area contributed by atoms with Gasteiger partial charge in [-0.25, -0.2) is 9.13 Å². The Kier molecular flexibility index (Phi) is 10.4. The fourth-order valence-corrected chi connectivity index (χ4v) is 3.75. The van der Waals surface area contributed by atoms with E-state index < -0.39 is 27.0 Å². The van der Waals surface area contributed by atoms with Crippen molar-refractivity contribution in [1.29, 1.82) is 0 Å². The van der Waals surface area contributed by atoms with Crippen LogP contribution in [0.1, 0.15) is 40.5 Å². The third-order valence-electron chi connectivity index (χ3n) is 6.14. The first-order valence-corrected chi connectivity index (χ1v) is 11.7. The number of hydrogen-bond donors (Lipinski definition) is 5. The van der Waals surface area contributed by atoms with Crippen molar-refractivity contribution < 1.29 is 25.4 Å². The average molecular weight is 539 g/mol. The fraction of sp³-hybridized carbons (Fsp3) is 0.619. The van der Waals surface area contributed by atoms with Crippen molar-refractivity contribution in [3.8, 4) is 0 Å². The van der Waals surface area contributed by atoms with Crippen molar-refractivity contribution in [2.24, 2.45) is 10.3 Å². The van der Waals surface area contributed by atoms with Crippen LogP contribution >= 0.6 is 0 Å². The first-order valence-electron chi connectivity index (χ1n) is 11.7. The molecule has 0 aromatic carbocycles. The molecule has 2 aromatic heterocycles. The summed E-state index contributed by atoms with van der Waals surface area (Å²) in [5.74, 6) is -0.627. The molecule has 2 heterocycles. The summed E-state index contributed by atoms with van der Waals surface area (Å²) in [6.07, 6.45) is 5.06. The van der Waals surface area contributed by atoms with Crippen LogP contribution in [-0.4, -0.2) is 86.2 Å². The lowest BCUT2D eigenvalue weighted by Gasteiger charge is -2.31. The first kappa shape index (κ1) is 30.3. The Morgan fingerprint density at radius 2 is 1.26 bits per heavy atom. The first-order chi connectivity index (χ1) is 17.8. The Balaban J connectivity index is 1.87. The summed E-state index contributed by atoms with van der Waals surface area (Å²) >= 11 is 0. The van der Waals surface area contributed by atoms with Crippen molar-refractivity contribution in [3.05, 3.63) is 45.0 Å². The van der Waals surface area contributed by atoms with E-state index in [-0.39, 0.29) is 50.9 Å². The van der Waals surface area contributed by atoms with Crippen molar-refractivity contribution in [2.75, 3.05) is 13.1 Å². The lowest BCUT2D eigenvalue weighted by atomic mass is 9.94. The van der Waals surface area contributed by atoms with Gasteiger partial charge in [-0.2, -0.15) is 0 Å². The normalized spacial score (nSPS) is 14.0. The molecule has 0 saturated heterocycles. The van der Waals surface area contributed by atoms with Crippen molar-refractivity contribution in [1.82, 2.24) is 29.7 Å². The number of β-amino-alcohol motifs (C(OH)–C–C–N with tert-alkyl or cyclic N) is 1. The number of nitro groups is 2. The molecule has 0 aliphatic heterocycles. The summed E-state index contributed by atoms with van der Waals surface area (Å²) < 4.78 is 2.68. The van der Waals surface area contributed by atoms with Gasteiger partial charge in [0.1, 0.15) is 24.8 Å². The van der Waals surface area contributed by atoms with Crippen molar-refractivity contribution >= 4 is 23.3 Å². The molecule has 0 spiro atoms. The van der Waals surface area contributed by atoms with E-state index in [0.29, 0.717) is 11.4 Å². The number of oxime groups is 2. The van der Waals surface area contributed by atoms with E-state index in [9.17, 15) is 35.7 Å². The van der Waals surface area contributed by atoms with Gasteiger partial charge in [0.05, 0.1) is 41.7 Å². The Bertz CT molecular complexity index is 1070. The standard InChI is InChI=1S/C21H34N10O7/c1-20(2,16(26-33)5-9-28-11-7-22-18(28)30(35)36)24-13-15(32)14-25-21(3,4)17(27-34)6-10-29-12-8-23-19(29)31(37)38/h7-8,11-12,15,24-25,32-34H,5-6,9-10,13-14H2,1-4H3/b26-16-,27-17+. The number of aliphatic hydroxyl groups excluding tert-OH is 1. The Labute approximate surface area is 218 Å². The Hall–Kier alpha value is -3.96. The number of aromatic nitrogens is 4. The zero-order valence-corrected chi connectivity index (χ0v) is 21.7. The summed E-state index contributed by atoms with van der Waals surface area (Å²) in [5.41, 5.74) is -1.05. The minimum absolute atomic E-state index is 0.104. The molecular weight excluding hydrogens is 504 g/mol. The van der Waals surface area contributed by atoms with E-state index in [4.69, 9.17) is 0 Å². The fourth-order valence-electron chi connectivity index (χ4n) is 3.75. The van der Waals surface area contributed by atoms with Crippen LogP contribution in [-0.2, 0) is 13.1 Å². The second kappa shape index (κ2) is 13.0. The molecule has 0 fully saturated rings.